The summed E-state index contributed by atoms with van der Waals surface area (Å²) in [7, 11) is 0. The van der Waals surface area contributed by atoms with Gasteiger partial charge in [-0.15, -0.1) is 0 Å². The number of aliphatic imine (C=N–C) groups is 2. The van der Waals surface area contributed by atoms with Crippen molar-refractivity contribution in [2.24, 2.45) is 9.98 Å². The summed E-state index contributed by atoms with van der Waals surface area (Å²) in [5.41, 5.74) is 8.99. The van der Waals surface area contributed by atoms with Gasteiger partial charge in [0.25, 0.3) is 0 Å². The zero-order chi connectivity index (χ0) is 17.5. The molecule has 3 rings (SSSR count). The van der Waals surface area contributed by atoms with Crippen molar-refractivity contribution in [1.82, 2.24) is 0 Å². The Labute approximate surface area is 146 Å². The number of hydrogen-bond donors (Lipinski definition) is 2. The van der Waals surface area contributed by atoms with Gasteiger partial charge >= 0.3 is 0 Å². The van der Waals surface area contributed by atoms with Crippen LogP contribution in [0, 0.1) is 5.41 Å². The first kappa shape index (κ1) is 16.3. The van der Waals surface area contributed by atoms with Crippen LogP contribution in [0.15, 0.2) is 94.9 Å². The molecule has 4 heteroatoms. The highest BCUT2D eigenvalue weighted by atomic mass is 14.9. The smallest absolute Gasteiger partial charge is 0.161 e. The molecule has 0 radical (unpaired) electrons. The van der Waals surface area contributed by atoms with Gasteiger partial charge in [0.2, 0.25) is 0 Å². The summed E-state index contributed by atoms with van der Waals surface area (Å²) in [5.74, 6) is 0.605. The molecular weight excluding hydrogens is 308 g/mol. The molecule has 0 aliphatic heterocycles. The van der Waals surface area contributed by atoms with E-state index in [1.54, 1.807) is 12.3 Å². The van der Waals surface area contributed by atoms with Crippen molar-refractivity contribution in [3.63, 3.8) is 0 Å². The topological polar surface area (TPSA) is 74.6 Å². The second-order valence-electron chi connectivity index (χ2n) is 5.44. The van der Waals surface area contributed by atoms with Crippen LogP contribution in [-0.4, -0.2) is 17.9 Å². The average Bonchev–Trinajstić information content (AvgIpc) is 2.66. The van der Waals surface area contributed by atoms with Crippen LogP contribution in [0.5, 0.6) is 0 Å². The summed E-state index contributed by atoms with van der Waals surface area (Å²) < 4.78 is 0. The Morgan fingerprint density at radius 1 is 0.800 bits per heavy atom. The van der Waals surface area contributed by atoms with Crippen LogP contribution >= 0.6 is 0 Å². The van der Waals surface area contributed by atoms with Gasteiger partial charge in [-0.25, -0.2) is 9.98 Å². The zero-order valence-electron chi connectivity index (χ0n) is 13.6. The fourth-order valence-electron chi connectivity index (χ4n) is 2.29. The van der Waals surface area contributed by atoms with Gasteiger partial charge in [0.15, 0.2) is 11.7 Å². The standard InChI is InChI=1S/C21H18N4/c22-19-13-7-12-18(14-19)21(24-15-16-8-3-1-4-9-16)25-20(23)17-10-5-2-6-11-17/h1-15,23H,22H2. The van der Waals surface area contributed by atoms with Crippen molar-refractivity contribution in [1.29, 1.82) is 5.41 Å². The third-order valence-electron chi connectivity index (χ3n) is 3.55. The Bertz CT molecular complexity index is 913. The van der Waals surface area contributed by atoms with Crippen LogP contribution in [-0.2, 0) is 0 Å². The molecule has 0 aliphatic carbocycles. The molecule has 25 heavy (non-hydrogen) atoms. The van der Waals surface area contributed by atoms with Crippen molar-refractivity contribution >= 4 is 23.6 Å². The molecule has 0 saturated carbocycles. The second kappa shape index (κ2) is 7.84. The van der Waals surface area contributed by atoms with Gasteiger partial charge < -0.3 is 5.73 Å². The number of hydrogen-bond acceptors (Lipinski definition) is 2. The maximum atomic E-state index is 8.25. The highest BCUT2D eigenvalue weighted by molar-refractivity contribution is 6.13. The summed E-state index contributed by atoms with van der Waals surface area (Å²) in [6, 6.07) is 26.5. The van der Waals surface area contributed by atoms with Crippen LogP contribution in [0.2, 0.25) is 0 Å². The summed E-state index contributed by atoms with van der Waals surface area (Å²) in [5, 5.41) is 8.25. The van der Waals surface area contributed by atoms with Crippen molar-refractivity contribution < 1.29 is 0 Å². The van der Waals surface area contributed by atoms with E-state index in [0.29, 0.717) is 11.5 Å². The quantitative estimate of drug-likeness (QED) is 0.423. The summed E-state index contributed by atoms with van der Waals surface area (Å²) in [6.07, 6.45) is 1.74. The fraction of sp³-hybridized carbons (Fsp3) is 0. The number of rotatable bonds is 3. The van der Waals surface area contributed by atoms with Gasteiger partial charge in [-0.3, -0.25) is 5.41 Å². The number of anilines is 1. The minimum atomic E-state index is 0.156. The monoisotopic (exact) mass is 326 g/mol. The number of nitrogens with one attached hydrogen (secondary N) is 1. The molecule has 3 aromatic rings. The molecule has 0 fully saturated rings. The molecule has 122 valence electrons. The molecule has 3 N–H and O–H groups in total. The maximum Gasteiger partial charge on any atom is 0.161 e. The van der Waals surface area contributed by atoms with E-state index in [-0.39, 0.29) is 5.84 Å². The van der Waals surface area contributed by atoms with E-state index in [2.05, 4.69) is 9.98 Å². The number of nitrogens with zero attached hydrogens (tertiary/aromatic N) is 2. The SMILES string of the molecule is N=C(N=C(N=Cc1ccccc1)c1cccc(N)c1)c1ccccc1. The van der Waals surface area contributed by atoms with E-state index in [0.717, 1.165) is 16.7 Å². The van der Waals surface area contributed by atoms with Crippen LogP contribution in [0.4, 0.5) is 5.69 Å². The van der Waals surface area contributed by atoms with Crippen LogP contribution in [0.1, 0.15) is 16.7 Å². The first-order valence-corrected chi connectivity index (χ1v) is 7.90. The predicted octanol–water partition coefficient (Wildman–Crippen LogP) is 4.16. The Hall–Kier alpha value is -3.53. The van der Waals surface area contributed by atoms with Crippen molar-refractivity contribution in [3.8, 4) is 0 Å². The molecule has 0 aliphatic rings. The first-order valence-electron chi connectivity index (χ1n) is 7.90. The number of benzene rings is 3. The first-order chi connectivity index (χ1) is 12.2. The normalized spacial score (nSPS) is 11.6. The van der Waals surface area contributed by atoms with Crippen LogP contribution < -0.4 is 5.73 Å². The summed E-state index contributed by atoms with van der Waals surface area (Å²) >= 11 is 0. The molecule has 0 bridgehead atoms. The number of nitrogens with two attached hydrogens (primary N) is 1. The molecule has 0 spiro atoms. The Morgan fingerprint density at radius 3 is 2.12 bits per heavy atom. The van der Waals surface area contributed by atoms with Crippen LogP contribution in [0.25, 0.3) is 0 Å². The van der Waals surface area contributed by atoms with Crippen molar-refractivity contribution in [3.05, 3.63) is 102 Å². The zero-order valence-corrected chi connectivity index (χ0v) is 13.6. The van der Waals surface area contributed by atoms with E-state index >= 15 is 0 Å². The van der Waals surface area contributed by atoms with E-state index < -0.39 is 0 Å². The Balaban J connectivity index is 1.98. The molecule has 0 amide bonds. The maximum absolute atomic E-state index is 8.25. The molecule has 4 nitrogen and oxygen atoms in total. The molecule has 0 heterocycles. The van der Waals surface area contributed by atoms with E-state index in [9.17, 15) is 0 Å². The molecule has 0 unspecified atom stereocenters. The number of nitrogen functional groups attached to an aromatic ring is 1. The average molecular weight is 326 g/mol. The van der Waals surface area contributed by atoms with Gasteiger partial charge in [-0.05, 0) is 17.7 Å². The van der Waals surface area contributed by atoms with E-state index in [1.165, 1.54) is 0 Å². The minimum absolute atomic E-state index is 0.156. The molecule has 3 aromatic carbocycles. The minimum Gasteiger partial charge on any atom is -0.399 e. The lowest BCUT2D eigenvalue weighted by Gasteiger charge is -2.04. The lowest BCUT2D eigenvalue weighted by atomic mass is 10.1. The third kappa shape index (κ3) is 4.48. The van der Waals surface area contributed by atoms with Gasteiger partial charge in [0.05, 0.1) is 0 Å². The van der Waals surface area contributed by atoms with E-state index in [4.69, 9.17) is 11.1 Å². The van der Waals surface area contributed by atoms with Crippen molar-refractivity contribution in [2.75, 3.05) is 5.73 Å². The van der Waals surface area contributed by atoms with Gasteiger partial charge in [-0.2, -0.15) is 0 Å². The largest absolute Gasteiger partial charge is 0.399 e. The Morgan fingerprint density at radius 2 is 1.44 bits per heavy atom. The van der Waals surface area contributed by atoms with Gasteiger partial charge in [-0.1, -0.05) is 72.8 Å². The molecule has 0 aromatic heterocycles. The summed E-state index contributed by atoms with van der Waals surface area (Å²) in [6.45, 7) is 0. The lowest BCUT2D eigenvalue weighted by Crippen LogP contribution is -2.05. The molecule has 0 atom stereocenters. The van der Waals surface area contributed by atoms with Gasteiger partial charge in [0.1, 0.15) is 0 Å². The third-order valence-corrected chi connectivity index (χ3v) is 3.55. The van der Waals surface area contributed by atoms with Crippen molar-refractivity contribution in [2.45, 2.75) is 0 Å². The molecular formula is C21H18N4. The van der Waals surface area contributed by atoms with Gasteiger partial charge in [0, 0.05) is 23.0 Å². The molecule has 0 saturated heterocycles. The second-order valence-corrected chi connectivity index (χ2v) is 5.44. The van der Waals surface area contributed by atoms with E-state index in [1.807, 2.05) is 78.9 Å². The van der Waals surface area contributed by atoms with Crippen LogP contribution in [0.3, 0.4) is 0 Å². The predicted molar refractivity (Wildman–Crippen MR) is 105 cm³/mol. The fourth-order valence-corrected chi connectivity index (χ4v) is 2.29. The number of amidine groups is 2. The lowest BCUT2D eigenvalue weighted by molar-refractivity contribution is 1.40. The highest BCUT2D eigenvalue weighted by Crippen LogP contribution is 2.11. The summed E-state index contributed by atoms with van der Waals surface area (Å²) in [4.78, 5) is 8.92. The Kier molecular flexibility index (Phi) is 5.12. The highest BCUT2D eigenvalue weighted by Gasteiger charge is 2.06.